The number of aromatic hydroxyl groups is 1. The Morgan fingerprint density at radius 1 is 1.12 bits per heavy atom. The van der Waals surface area contributed by atoms with Gasteiger partial charge in [-0.05, 0) is 60.4 Å². The molecule has 2 heterocycles. The van der Waals surface area contributed by atoms with Crippen molar-refractivity contribution in [3.63, 3.8) is 0 Å². The van der Waals surface area contributed by atoms with Crippen LogP contribution >= 0.6 is 11.6 Å². The molecular weight excluding hydrogens is 450 g/mol. The van der Waals surface area contributed by atoms with Crippen LogP contribution in [0, 0.1) is 13.8 Å². The second kappa shape index (κ2) is 8.54. The first-order valence-electron chi connectivity index (χ1n) is 11.0. The summed E-state index contributed by atoms with van der Waals surface area (Å²) in [6, 6.07) is 18.4. The molecule has 0 bridgehead atoms. The Morgan fingerprint density at radius 2 is 1.91 bits per heavy atom. The number of hydrogen-bond donors (Lipinski definition) is 2. The molecule has 0 radical (unpaired) electrons. The summed E-state index contributed by atoms with van der Waals surface area (Å²) in [5, 5.41) is 18.9. The van der Waals surface area contributed by atoms with Crippen molar-refractivity contribution in [2.45, 2.75) is 26.4 Å². The Kier molecular flexibility index (Phi) is 5.54. The van der Waals surface area contributed by atoms with E-state index >= 15 is 0 Å². The zero-order valence-corrected chi connectivity index (χ0v) is 19.8. The van der Waals surface area contributed by atoms with Crippen molar-refractivity contribution in [2.75, 3.05) is 7.11 Å². The summed E-state index contributed by atoms with van der Waals surface area (Å²) in [7, 11) is 1.61. The van der Waals surface area contributed by atoms with Gasteiger partial charge < -0.3 is 14.7 Å². The molecule has 2 N–H and O–H groups in total. The number of rotatable bonds is 5. The monoisotopic (exact) mass is 473 g/mol. The molecule has 1 aromatic heterocycles. The second-order valence-corrected chi connectivity index (χ2v) is 8.95. The number of carbonyl (C=O) groups excluding carboxylic acids is 1. The minimum absolute atomic E-state index is 0.133. The standard InChI is InChI=1S/C27H24ClN3O3/c1-15-11-16(2)22(21(32)12-15)24-23-25(30-29-24)27(33)31(14-18-7-4-5-10-20(18)28)26(23)17-8-6-9-19(13-17)34-3/h4-13,26,32H,14H2,1-3H3,(H,29,30). The lowest BCUT2D eigenvalue weighted by Gasteiger charge is -2.27. The number of aryl methyl sites for hydroxylation is 2. The van der Waals surface area contributed by atoms with E-state index in [-0.39, 0.29) is 11.7 Å². The number of aromatic amines is 1. The molecule has 0 spiro atoms. The summed E-state index contributed by atoms with van der Waals surface area (Å²) in [5.41, 5.74) is 5.88. The van der Waals surface area contributed by atoms with Crippen LogP contribution < -0.4 is 4.74 Å². The number of phenols is 1. The van der Waals surface area contributed by atoms with Gasteiger partial charge in [-0.25, -0.2) is 0 Å². The van der Waals surface area contributed by atoms with Gasteiger partial charge in [-0.15, -0.1) is 0 Å². The summed E-state index contributed by atoms with van der Waals surface area (Å²) in [5.74, 6) is 0.648. The van der Waals surface area contributed by atoms with Gasteiger partial charge in [0.05, 0.1) is 13.2 Å². The summed E-state index contributed by atoms with van der Waals surface area (Å²) >= 11 is 6.45. The van der Waals surface area contributed by atoms with Gasteiger partial charge in [-0.1, -0.05) is 48.0 Å². The number of amides is 1. The molecule has 0 fully saturated rings. The minimum Gasteiger partial charge on any atom is -0.507 e. The molecule has 34 heavy (non-hydrogen) atoms. The molecule has 7 heteroatoms. The van der Waals surface area contributed by atoms with Crippen LogP contribution in [0.25, 0.3) is 11.3 Å². The maximum atomic E-state index is 13.6. The third kappa shape index (κ3) is 3.60. The molecule has 172 valence electrons. The molecule has 1 atom stereocenters. The highest BCUT2D eigenvalue weighted by Crippen LogP contribution is 2.46. The van der Waals surface area contributed by atoms with Gasteiger partial charge in [0.25, 0.3) is 5.91 Å². The lowest BCUT2D eigenvalue weighted by Crippen LogP contribution is -2.29. The molecule has 0 saturated carbocycles. The summed E-state index contributed by atoms with van der Waals surface area (Å²) < 4.78 is 5.46. The number of fused-ring (bicyclic) bond motifs is 1. The summed E-state index contributed by atoms with van der Waals surface area (Å²) in [6.07, 6.45) is 0. The number of ether oxygens (including phenoxy) is 1. The minimum atomic E-state index is -0.442. The summed E-state index contributed by atoms with van der Waals surface area (Å²) in [4.78, 5) is 15.4. The van der Waals surface area contributed by atoms with Crippen LogP contribution in [-0.4, -0.2) is 33.2 Å². The van der Waals surface area contributed by atoms with Crippen molar-refractivity contribution in [1.29, 1.82) is 0 Å². The van der Waals surface area contributed by atoms with Crippen LogP contribution in [0.15, 0.2) is 60.7 Å². The molecule has 1 unspecified atom stereocenters. The van der Waals surface area contributed by atoms with Crippen molar-refractivity contribution < 1.29 is 14.6 Å². The van der Waals surface area contributed by atoms with Gasteiger partial charge in [0.15, 0.2) is 0 Å². The number of halogens is 1. The highest BCUT2D eigenvalue weighted by molar-refractivity contribution is 6.31. The molecule has 3 aromatic carbocycles. The molecule has 4 aromatic rings. The molecule has 0 aliphatic carbocycles. The van der Waals surface area contributed by atoms with E-state index < -0.39 is 6.04 Å². The highest BCUT2D eigenvalue weighted by atomic mass is 35.5. The van der Waals surface area contributed by atoms with Gasteiger partial charge >= 0.3 is 0 Å². The molecule has 1 aliphatic rings. The van der Waals surface area contributed by atoms with E-state index in [0.717, 1.165) is 27.8 Å². The third-order valence-electron chi connectivity index (χ3n) is 6.27. The Morgan fingerprint density at radius 3 is 2.65 bits per heavy atom. The van der Waals surface area contributed by atoms with Gasteiger partial charge in [0.1, 0.15) is 22.9 Å². The van der Waals surface area contributed by atoms with Crippen LogP contribution in [0.5, 0.6) is 11.5 Å². The number of hydrogen-bond acceptors (Lipinski definition) is 4. The van der Waals surface area contributed by atoms with Crippen molar-refractivity contribution in [2.24, 2.45) is 0 Å². The van der Waals surface area contributed by atoms with Crippen LogP contribution in [0.3, 0.4) is 0 Å². The SMILES string of the molecule is COc1cccc(C2c3c(-c4c(C)cc(C)cc4O)n[nH]c3C(=O)N2Cc2ccccc2Cl)c1. The number of methoxy groups -OCH3 is 1. The fourth-order valence-electron chi connectivity index (χ4n) is 4.77. The van der Waals surface area contributed by atoms with E-state index in [4.69, 9.17) is 16.3 Å². The van der Waals surface area contributed by atoms with Crippen molar-refractivity contribution in [3.8, 4) is 22.8 Å². The predicted octanol–water partition coefficient (Wildman–Crippen LogP) is 5.81. The van der Waals surface area contributed by atoms with Crippen LogP contribution in [0.4, 0.5) is 0 Å². The van der Waals surface area contributed by atoms with Gasteiger partial charge in [0, 0.05) is 22.7 Å². The Labute approximate surface area is 202 Å². The number of phenolic OH excluding ortho intramolecular Hbond substituents is 1. The quantitative estimate of drug-likeness (QED) is 0.383. The largest absolute Gasteiger partial charge is 0.507 e. The summed E-state index contributed by atoms with van der Waals surface area (Å²) in [6.45, 7) is 4.18. The fraction of sp³-hybridized carbons (Fsp3) is 0.185. The first-order valence-corrected chi connectivity index (χ1v) is 11.3. The van der Waals surface area contributed by atoms with Crippen LogP contribution in [0.2, 0.25) is 5.02 Å². The van der Waals surface area contributed by atoms with Crippen LogP contribution in [0.1, 0.15) is 44.3 Å². The first-order chi connectivity index (χ1) is 16.4. The van der Waals surface area contributed by atoms with E-state index in [1.54, 1.807) is 18.1 Å². The van der Waals surface area contributed by atoms with E-state index in [9.17, 15) is 9.90 Å². The smallest absolute Gasteiger partial charge is 0.273 e. The van der Waals surface area contributed by atoms with Crippen molar-refractivity contribution in [3.05, 3.63) is 99.2 Å². The highest BCUT2D eigenvalue weighted by Gasteiger charge is 2.43. The Balaban J connectivity index is 1.71. The number of carbonyl (C=O) groups is 1. The molecule has 1 amide bonds. The Bertz CT molecular complexity index is 1390. The average Bonchev–Trinajstić information content (AvgIpc) is 3.34. The van der Waals surface area contributed by atoms with Gasteiger partial charge in [-0.2, -0.15) is 5.10 Å². The third-order valence-corrected chi connectivity index (χ3v) is 6.64. The number of nitrogens with zero attached hydrogens (tertiary/aromatic N) is 2. The number of benzene rings is 3. The average molecular weight is 474 g/mol. The molecule has 6 nitrogen and oxygen atoms in total. The zero-order chi connectivity index (χ0) is 24.0. The number of nitrogens with one attached hydrogen (secondary N) is 1. The molecule has 1 aliphatic heterocycles. The topological polar surface area (TPSA) is 78.5 Å². The lowest BCUT2D eigenvalue weighted by molar-refractivity contribution is 0.0730. The molecular formula is C27H24ClN3O3. The maximum absolute atomic E-state index is 13.6. The Hall–Kier alpha value is -3.77. The van der Waals surface area contributed by atoms with E-state index in [2.05, 4.69) is 10.2 Å². The first kappa shape index (κ1) is 22.0. The second-order valence-electron chi connectivity index (χ2n) is 8.54. The van der Waals surface area contributed by atoms with E-state index in [0.29, 0.717) is 34.3 Å². The fourth-order valence-corrected chi connectivity index (χ4v) is 4.97. The van der Waals surface area contributed by atoms with Gasteiger partial charge in [-0.3, -0.25) is 9.89 Å². The number of H-pyrrole nitrogens is 1. The van der Waals surface area contributed by atoms with Gasteiger partial charge in [0.2, 0.25) is 0 Å². The van der Waals surface area contributed by atoms with E-state index in [1.807, 2.05) is 68.4 Å². The predicted molar refractivity (Wildman–Crippen MR) is 131 cm³/mol. The van der Waals surface area contributed by atoms with E-state index in [1.165, 1.54) is 0 Å². The van der Waals surface area contributed by atoms with Crippen LogP contribution in [-0.2, 0) is 6.54 Å². The number of aromatic nitrogens is 2. The maximum Gasteiger partial charge on any atom is 0.273 e. The normalized spacial score (nSPS) is 15.0. The molecule has 0 saturated heterocycles. The van der Waals surface area contributed by atoms with Crippen molar-refractivity contribution >= 4 is 17.5 Å². The lowest BCUT2D eigenvalue weighted by atomic mass is 9.93. The molecule has 5 rings (SSSR count). The van der Waals surface area contributed by atoms with Crippen molar-refractivity contribution in [1.82, 2.24) is 15.1 Å². The zero-order valence-electron chi connectivity index (χ0n) is 19.1.